The second-order valence-corrected chi connectivity index (χ2v) is 5.86. The highest BCUT2D eigenvalue weighted by molar-refractivity contribution is 9.10. The molecule has 1 aliphatic rings. The van der Waals surface area contributed by atoms with Gasteiger partial charge < -0.3 is 4.98 Å². The number of rotatable bonds is 2. The van der Waals surface area contributed by atoms with E-state index in [4.69, 9.17) is 0 Å². The van der Waals surface area contributed by atoms with E-state index in [1.165, 1.54) is 6.42 Å². The normalized spacial score (nSPS) is 26.3. The van der Waals surface area contributed by atoms with Crippen molar-refractivity contribution in [1.29, 1.82) is 0 Å². The first kappa shape index (κ1) is 13.3. The van der Waals surface area contributed by atoms with E-state index in [1.54, 1.807) is 12.3 Å². The van der Waals surface area contributed by atoms with Crippen molar-refractivity contribution in [1.82, 2.24) is 10.4 Å². The lowest BCUT2D eigenvalue weighted by atomic mass is 9.81. The van der Waals surface area contributed by atoms with Crippen LogP contribution in [0.15, 0.2) is 21.8 Å². The van der Waals surface area contributed by atoms with Gasteiger partial charge in [-0.1, -0.05) is 20.3 Å². The van der Waals surface area contributed by atoms with Crippen LogP contribution in [-0.4, -0.2) is 16.6 Å². The summed E-state index contributed by atoms with van der Waals surface area (Å²) in [5, 5.41) is 4.31. The first-order valence-corrected chi connectivity index (χ1v) is 7.09. The summed E-state index contributed by atoms with van der Waals surface area (Å²) >= 11 is 3.30. The van der Waals surface area contributed by atoms with Gasteiger partial charge in [-0.05, 0) is 46.7 Å². The Morgan fingerprint density at radius 1 is 1.44 bits per heavy atom. The molecule has 0 unspecified atom stereocenters. The Morgan fingerprint density at radius 3 is 2.67 bits per heavy atom. The van der Waals surface area contributed by atoms with Crippen LogP contribution in [0.1, 0.15) is 43.6 Å². The number of aromatic nitrogens is 1. The molecule has 98 valence electrons. The average molecular weight is 312 g/mol. The Balaban J connectivity index is 2.03. The lowest BCUT2D eigenvalue weighted by Crippen LogP contribution is -2.29. The van der Waals surface area contributed by atoms with Gasteiger partial charge in [0.05, 0.1) is 0 Å². The number of halogens is 1. The number of hydrogen-bond acceptors (Lipinski definition) is 2. The summed E-state index contributed by atoms with van der Waals surface area (Å²) in [5.74, 6) is 0.729. The van der Waals surface area contributed by atoms with Gasteiger partial charge in [0.25, 0.3) is 5.91 Å². The van der Waals surface area contributed by atoms with Gasteiger partial charge in [0.2, 0.25) is 0 Å². The van der Waals surface area contributed by atoms with Crippen LogP contribution >= 0.6 is 15.9 Å². The van der Waals surface area contributed by atoms with Crippen molar-refractivity contribution in [2.75, 3.05) is 0 Å². The smallest absolute Gasteiger partial charge is 0.287 e. The van der Waals surface area contributed by atoms with Gasteiger partial charge >= 0.3 is 0 Å². The van der Waals surface area contributed by atoms with E-state index in [9.17, 15) is 4.79 Å². The number of aromatic amines is 1. The van der Waals surface area contributed by atoms with Gasteiger partial charge in [-0.25, -0.2) is 5.43 Å². The number of H-pyrrole nitrogens is 1. The minimum absolute atomic E-state index is 0.196. The number of hydrazone groups is 1. The van der Waals surface area contributed by atoms with E-state index in [1.807, 2.05) is 0 Å². The van der Waals surface area contributed by atoms with E-state index < -0.39 is 0 Å². The quantitative estimate of drug-likeness (QED) is 0.809. The molecule has 2 N–H and O–H groups in total. The first-order chi connectivity index (χ1) is 8.58. The highest BCUT2D eigenvalue weighted by atomic mass is 79.9. The fourth-order valence-corrected chi connectivity index (χ4v) is 2.75. The van der Waals surface area contributed by atoms with Crippen LogP contribution in [0.4, 0.5) is 0 Å². The number of nitrogens with zero attached hydrogens (tertiary/aromatic N) is 1. The van der Waals surface area contributed by atoms with Gasteiger partial charge in [-0.15, -0.1) is 0 Å². The molecule has 0 aliphatic heterocycles. The van der Waals surface area contributed by atoms with Crippen LogP contribution in [0.5, 0.6) is 0 Å². The minimum atomic E-state index is -0.196. The van der Waals surface area contributed by atoms with Crippen LogP contribution in [0.25, 0.3) is 0 Å². The number of carbonyl (C=O) groups excluding carboxylic acids is 1. The van der Waals surface area contributed by atoms with E-state index in [2.05, 4.69) is 45.3 Å². The van der Waals surface area contributed by atoms with Crippen LogP contribution < -0.4 is 5.43 Å². The number of nitrogens with one attached hydrogen (secondary N) is 2. The highest BCUT2D eigenvalue weighted by Gasteiger charge is 2.23. The molecule has 1 fully saturated rings. The van der Waals surface area contributed by atoms with Crippen LogP contribution in [-0.2, 0) is 0 Å². The molecule has 2 atom stereocenters. The molecule has 2 rings (SSSR count). The molecule has 1 amide bonds. The molecule has 1 aromatic rings. The number of hydrogen-bond donors (Lipinski definition) is 2. The fraction of sp³-hybridized carbons (Fsp3) is 0.538. The van der Waals surface area contributed by atoms with E-state index in [-0.39, 0.29) is 5.91 Å². The van der Waals surface area contributed by atoms with Crippen molar-refractivity contribution in [3.63, 3.8) is 0 Å². The zero-order valence-corrected chi connectivity index (χ0v) is 12.3. The molecule has 0 saturated heterocycles. The van der Waals surface area contributed by atoms with Gasteiger partial charge in [-0.2, -0.15) is 5.10 Å². The fourth-order valence-electron chi connectivity index (χ4n) is 2.41. The van der Waals surface area contributed by atoms with Gasteiger partial charge in [-0.3, -0.25) is 4.79 Å². The van der Waals surface area contributed by atoms with Gasteiger partial charge in [0.15, 0.2) is 0 Å². The topological polar surface area (TPSA) is 57.2 Å². The van der Waals surface area contributed by atoms with Crippen LogP contribution in [0.3, 0.4) is 0 Å². The van der Waals surface area contributed by atoms with E-state index in [0.717, 1.165) is 23.0 Å². The minimum Gasteiger partial charge on any atom is -0.356 e. The second kappa shape index (κ2) is 5.69. The maximum atomic E-state index is 11.8. The first-order valence-electron chi connectivity index (χ1n) is 6.29. The predicted octanol–water partition coefficient (Wildman–Crippen LogP) is 3.32. The standard InChI is InChI=1S/C13H18BrN3O/c1-8-4-3-5-9(2)12(8)16-17-13(18)11-6-10(14)7-15-11/h6-9,15H,3-5H2,1-2H3,(H,17,18)/t8-,9+. The summed E-state index contributed by atoms with van der Waals surface area (Å²) in [7, 11) is 0. The van der Waals surface area contributed by atoms with Crippen molar-refractivity contribution in [3.8, 4) is 0 Å². The van der Waals surface area contributed by atoms with Gasteiger partial charge in [0.1, 0.15) is 5.69 Å². The molecule has 0 spiro atoms. The molecule has 1 aromatic heterocycles. The zero-order valence-electron chi connectivity index (χ0n) is 10.7. The molecule has 0 radical (unpaired) electrons. The van der Waals surface area contributed by atoms with Crippen LogP contribution in [0.2, 0.25) is 0 Å². The van der Waals surface area contributed by atoms with Gasteiger partial charge in [0, 0.05) is 16.4 Å². The maximum absolute atomic E-state index is 11.8. The largest absolute Gasteiger partial charge is 0.356 e. The van der Waals surface area contributed by atoms with Crippen molar-refractivity contribution >= 4 is 27.5 Å². The Hall–Kier alpha value is -1.10. The average Bonchev–Trinajstić information content (AvgIpc) is 2.75. The molecule has 1 aliphatic carbocycles. The molecule has 5 heteroatoms. The number of amides is 1. The third-order valence-electron chi connectivity index (χ3n) is 3.46. The molecular formula is C13H18BrN3O. The van der Waals surface area contributed by atoms with Crippen molar-refractivity contribution in [2.45, 2.75) is 33.1 Å². The molecule has 0 bridgehead atoms. The highest BCUT2D eigenvalue weighted by Crippen LogP contribution is 2.25. The lowest BCUT2D eigenvalue weighted by molar-refractivity contribution is 0.0950. The molecule has 4 nitrogen and oxygen atoms in total. The van der Waals surface area contributed by atoms with Crippen molar-refractivity contribution in [3.05, 3.63) is 22.4 Å². The molecule has 1 heterocycles. The van der Waals surface area contributed by atoms with Crippen molar-refractivity contribution in [2.24, 2.45) is 16.9 Å². The second-order valence-electron chi connectivity index (χ2n) is 4.94. The number of carbonyl (C=O) groups is 1. The lowest BCUT2D eigenvalue weighted by Gasteiger charge is -2.26. The van der Waals surface area contributed by atoms with E-state index >= 15 is 0 Å². The third-order valence-corrected chi connectivity index (χ3v) is 3.92. The Morgan fingerprint density at radius 2 is 2.11 bits per heavy atom. The molecule has 0 aromatic carbocycles. The Labute approximate surface area is 115 Å². The monoisotopic (exact) mass is 311 g/mol. The predicted molar refractivity (Wildman–Crippen MR) is 75.6 cm³/mol. The summed E-state index contributed by atoms with van der Waals surface area (Å²) < 4.78 is 0.861. The summed E-state index contributed by atoms with van der Waals surface area (Å²) in [6.07, 6.45) is 5.30. The zero-order chi connectivity index (χ0) is 13.1. The molecular weight excluding hydrogens is 294 g/mol. The van der Waals surface area contributed by atoms with Crippen molar-refractivity contribution < 1.29 is 4.79 Å². The molecule has 18 heavy (non-hydrogen) atoms. The molecule has 1 saturated carbocycles. The summed E-state index contributed by atoms with van der Waals surface area (Å²) in [4.78, 5) is 14.7. The Bertz CT molecular complexity index is 455. The van der Waals surface area contributed by atoms with E-state index in [0.29, 0.717) is 17.5 Å². The van der Waals surface area contributed by atoms with Crippen LogP contribution in [0, 0.1) is 11.8 Å². The SMILES string of the molecule is C[C@@H]1CCC[C@H](C)C1=NNC(=O)c1cc(Br)c[nH]1. The summed E-state index contributed by atoms with van der Waals surface area (Å²) in [6, 6.07) is 1.74. The summed E-state index contributed by atoms with van der Waals surface area (Å²) in [5.41, 5.74) is 4.27. The summed E-state index contributed by atoms with van der Waals surface area (Å²) in [6.45, 7) is 4.34. The Kier molecular flexibility index (Phi) is 4.22. The maximum Gasteiger partial charge on any atom is 0.287 e. The third kappa shape index (κ3) is 3.02.